The van der Waals surface area contributed by atoms with Crippen molar-refractivity contribution in [3.05, 3.63) is 59.7 Å². The standard InChI is InChI=1S/C19H25NO2/c1-3-13-20-14-17-11-8-12-18(21-4-2)19(17)22-15-16-9-6-5-7-10-16/h5-12,20H,3-4,13-15H2,1-2H3. The molecule has 2 rings (SSSR count). The number of hydrogen-bond acceptors (Lipinski definition) is 3. The van der Waals surface area contributed by atoms with Gasteiger partial charge in [0.1, 0.15) is 6.61 Å². The van der Waals surface area contributed by atoms with E-state index in [0.29, 0.717) is 13.2 Å². The molecular formula is C19H25NO2. The third-order valence-corrected chi connectivity index (χ3v) is 3.33. The van der Waals surface area contributed by atoms with Gasteiger partial charge in [-0.3, -0.25) is 0 Å². The van der Waals surface area contributed by atoms with Crippen LogP contribution in [0.5, 0.6) is 11.5 Å². The van der Waals surface area contributed by atoms with Gasteiger partial charge in [-0.2, -0.15) is 0 Å². The van der Waals surface area contributed by atoms with Gasteiger partial charge in [-0.25, -0.2) is 0 Å². The van der Waals surface area contributed by atoms with Crippen molar-refractivity contribution in [3.63, 3.8) is 0 Å². The van der Waals surface area contributed by atoms with Gasteiger partial charge in [-0.15, -0.1) is 0 Å². The Hall–Kier alpha value is -2.00. The molecule has 0 aliphatic heterocycles. The lowest BCUT2D eigenvalue weighted by molar-refractivity contribution is 0.266. The third-order valence-electron chi connectivity index (χ3n) is 3.33. The zero-order valence-corrected chi connectivity index (χ0v) is 13.5. The highest BCUT2D eigenvalue weighted by atomic mass is 16.5. The van der Waals surface area contributed by atoms with Crippen LogP contribution in [0.3, 0.4) is 0 Å². The Labute approximate surface area is 133 Å². The normalized spacial score (nSPS) is 10.5. The molecule has 3 nitrogen and oxygen atoms in total. The maximum atomic E-state index is 6.07. The zero-order chi connectivity index (χ0) is 15.6. The molecule has 0 amide bonds. The van der Waals surface area contributed by atoms with Crippen molar-refractivity contribution in [1.82, 2.24) is 5.32 Å². The quantitative estimate of drug-likeness (QED) is 0.705. The number of para-hydroxylation sites is 1. The molecule has 0 saturated heterocycles. The lowest BCUT2D eigenvalue weighted by Crippen LogP contribution is -2.15. The Kier molecular flexibility index (Phi) is 6.78. The summed E-state index contributed by atoms with van der Waals surface area (Å²) in [5.41, 5.74) is 2.29. The molecule has 0 atom stereocenters. The van der Waals surface area contributed by atoms with Gasteiger partial charge in [0.25, 0.3) is 0 Å². The molecular weight excluding hydrogens is 274 g/mol. The fourth-order valence-corrected chi connectivity index (χ4v) is 2.26. The first-order valence-electron chi connectivity index (χ1n) is 7.97. The van der Waals surface area contributed by atoms with Gasteiger partial charge in [-0.1, -0.05) is 49.4 Å². The molecule has 1 N–H and O–H groups in total. The van der Waals surface area contributed by atoms with E-state index in [9.17, 15) is 0 Å². The zero-order valence-electron chi connectivity index (χ0n) is 13.5. The summed E-state index contributed by atoms with van der Waals surface area (Å²) in [5, 5.41) is 3.42. The van der Waals surface area contributed by atoms with E-state index in [1.54, 1.807) is 0 Å². The van der Waals surface area contributed by atoms with E-state index in [-0.39, 0.29) is 0 Å². The van der Waals surface area contributed by atoms with Crippen LogP contribution < -0.4 is 14.8 Å². The molecule has 0 unspecified atom stereocenters. The summed E-state index contributed by atoms with van der Waals surface area (Å²) in [4.78, 5) is 0. The van der Waals surface area contributed by atoms with Crippen LogP contribution in [0.4, 0.5) is 0 Å². The number of nitrogens with one attached hydrogen (secondary N) is 1. The molecule has 2 aromatic rings. The van der Waals surface area contributed by atoms with Crippen LogP contribution in [0.1, 0.15) is 31.4 Å². The minimum absolute atomic E-state index is 0.547. The molecule has 2 aromatic carbocycles. The molecule has 0 fully saturated rings. The lowest BCUT2D eigenvalue weighted by Gasteiger charge is -2.16. The summed E-state index contributed by atoms with van der Waals surface area (Å²) in [7, 11) is 0. The summed E-state index contributed by atoms with van der Waals surface area (Å²) in [6.07, 6.45) is 1.12. The first-order valence-corrected chi connectivity index (χ1v) is 7.97. The monoisotopic (exact) mass is 299 g/mol. The molecule has 0 heterocycles. The van der Waals surface area contributed by atoms with Gasteiger partial charge >= 0.3 is 0 Å². The maximum Gasteiger partial charge on any atom is 0.166 e. The number of ether oxygens (including phenoxy) is 2. The third kappa shape index (κ3) is 4.78. The molecule has 0 aromatic heterocycles. The summed E-state index contributed by atoms with van der Waals surface area (Å²) in [5.74, 6) is 1.66. The van der Waals surface area contributed by atoms with E-state index in [1.807, 2.05) is 37.3 Å². The number of benzene rings is 2. The van der Waals surface area contributed by atoms with Crippen molar-refractivity contribution in [1.29, 1.82) is 0 Å². The molecule has 22 heavy (non-hydrogen) atoms. The van der Waals surface area contributed by atoms with Crippen molar-refractivity contribution < 1.29 is 9.47 Å². The first-order chi connectivity index (χ1) is 10.8. The van der Waals surface area contributed by atoms with E-state index >= 15 is 0 Å². The van der Waals surface area contributed by atoms with Crippen LogP contribution in [0, 0.1) is 0 Å². The van der Waals surface area contributed by atoms with Crippen molar-refractivity contribution in [2.24, 2.45) is 0 Å². The van der Waals surface area contributed by atoms with Gasteiger partial charge in [0, 0.05) is 12.1 Å². The Morgan fingerprint density at radius 1 is 0.909 bits per heavy atom. The van der Waals surface area contributed by atoms with Crippen molar-refractivity contribution >= 4 is 0 Å². The number of hydrogen-bond donors (Lipinski definition) is 1. The highest BCUT2D eigenvalue weighted by molar-refractivity contribution is 5.46. The highest BCUT2D eigenvalue weighted by Gasteiger charge is 2.11. The van der Waals surface area contributed by atoms with Crippen molar-refractivity contribution in [2.45, 2.75) is 33.4 Å². The Balaban J connectivity index is 2.13. The molecule has 0 bridgehead atoms. The van der Waals surface area contributed by atoms with Crippen molar-refractivity contribution in [3.8, 4) is 11.5 Å². The van der Waals surface area contributed by atoms with Crippen LogP contribution in [-0.2, 0) is 13.2 Å². The van der Waals surface area contributed by atoms with E-state index in [4.69, 9.17) is 9.47 Å². The Morgan fingerprint density at radius 2 is 1.73 bits per heavy atom. The van der Waals surface area contributed by atoms with Crippen LogP contribution in [0.25, 0.3) is 0 Å². The van der Waals surface area contributed by atoms with Gasteiger partial charge < -0.3 is 14.8 Å². The smallest absolute Gasteiger partial charge is 0.166 e. The average molecular weight is 299 g/mol. The van der Waals surface area contributed by atoms with E-state index in [0.717, 1.165) is 42.1 Å². The molecule has 3 heteroatoms. The van der Waals surface area contributed by atoms with Crippen LogP contribution in [0.15, 0.2) is 48.5 Å². The summed E-state index contributed by atoms with van der Waals surface area (Å²) in [6.45, 7) is 7.12. The summed E-state index contributed by atoms with van der Waals surface area (Å²) < 4.78 is 11.8. The molecule has 0 aliphatic carbocycles. The average Bonchev–Trinajstić information content (AvgIpc) is 2.55. The minimum atomic E-state index is 0.547. The molecule has 0 spiro atoms. The van der Waals surface area contributed by atoms with Crippen LogP contribution in [0.2, 0.25) is 0 Å². The topological polar surface area (TPSA) is 30.5 Å². The fraction of sp³-hybridized carbons (Fsp3) is 0.368. The number of rotatable bonds is 9. The molecule has 0 saturated carbocycles. The van der Waals surface area contributed by atoms with Crippen LogP contribution in [-0.4, -0.2) is 13.2 Å². The van der Waals surface area contributed by atoms with Gasteiger partial charge in [-0.05, 0) is 31.5 Å². The Morgan fingerprint density at radius 3 is 2.45 bits per heavy atom. The van der Waals surface area contributed by atoms with E-state index in [2.05, 4.69) is 30.4 Å². The minimum Gasteiger partial charge on any atom is -0.490 e. The summed E-state index contributed by atoms with van der Waals surface area (Å²) in [6, 6.07) is 16.3. The van der Waals surface area contributed by atoms with Gasteiger partial charge in [0.2, 0.25) is 0 Å². The fourth-order valence-electron chi connectivity index (χ4n) is 2.26. The SMILES string of the molecule is CCCNCc1cccc(OCC)c1OCc1ccccc1. The van der Waals surface area contributed by atoms with E-state index < -0.39 is 0 Å². The van der Waals surface area contributed by atoms with Gasteiger partial charge in [0.05, 0.1) is 6.61 Å². The van der Waals surface area contributed by atoms with E-state index in [1.165, 1.54) is 0 Å². The van der Waals surface area contributed by atoms with Crippen LogP contribution >= 0.6 is 0 Å². The molecule has 0 radical (unpaired) electrons. The molecule has 118 valence electrons. The Bertz CT molecular complexity index is 555. The second-order valence-corrected chi connectivity index (χ2v) is 5.13. The first kappa shape index (κ1) is 16.4. The maximum absolute atomic E-state index is 6.07. The predicted octanol–water partition coefficient (Wildman–Crippen LogP) is 4.16. The highest BCUT2D eigenvalue weighted by Crippen LogP contribution is 2.32. The predicted molar refractivity (Wildman–Crippen MR) is 90.4 cm³/mol. The largest absolute Gasteiger partial charge is 0.490 e. The second kappa shape index (κ2) is 9.11. The molecule has 0 aliphatic rings. The van der Waals surface area contributed by atoms with Crippen molar-refractivity contribution in [2.75, 3.05) is 13.2 Å². The second-order valence-electron chi connectivity index (χ2n) is 5.13. The van der Waals surface area contributed by atoms with Gasteiger partial charge in [0.15, 0.2) is 11.5 Å². The summed E-state index contributed by atoms with van der Waals surface area (Å²) >= 11 is 0. The lowest BCUT2D eigenvalue weighted by atomic mass is 10.1.